The Morgan fingerprint density at radius 3 is 2.81 bits per heavy atom. The van der Waals surface area contributed by atoms with Crippen LogP contribution in [0.2, 0.25) is 0 Å². The predicted molar refractivity (Wildman–Crippen MR) is 102 cm³/mol. The van der Waals surface area contributed by atoms with E-state index in [4.69, 9.17) is 4.42 Å². The van der Waals surface area contributed by atoms with Crippen molar-refractivity contribution in [1.82, 2.24) is 25.4 Å². The quantitative estimate of drug-likeness (QED) is 0.702. The first-order chi connectivity index (χ1) is 13.2. The highest BCUT2D eigenvalue weighted by molar-refractivity contribution is 7.99. The summed E-state index contributed by atoms with van der Waals surface area (Å²) in [6, 6.07) is 3.52. The molecule has 0 radical (unpaired) electrons. The largest absolute Gasteiger partial charge is 0.461 e. The molecule has 0 aromatic carbocycles. The molecular formula is C18H25N5O3S. The minimum Gasteiger partial charge on any atom is -0.461 e. The summed E-state index contributed by atoms with van der Waals surface area (Å²) in [5.41, 5.74) is 0. The van der Waals surface area contributed by atoms with E-state index in [2.05, 4.69) is 25.4 Å². The van der Waals surface area contributed by atoms with Gasteiger partial charge >= 0.3 is 6.03 Å². The first-order valence-corrected chi connectivity index (χ1v) is 10.4. The molecule has 0 spiro atoms. The zero-order valence-electron chi connectivity index (χ0n) is 15.4. The van der Waals surface area contributed by atoms with E-state index < -0.39 is 6.03 Å². The Kier molecular flexibility index (Phi) is 6.92. The smallest absolute Gasteiger partial charge is 0.321 e. The van der Waals surface area contributed by atoms with Gasteiger partial charge in [-0.05, 0) is 31.4 Å². The molecule has 3 rings (SSSR count). The molecule has 1 aliphatic rings. The molecule has 1 aliphatic carbocycles. The summed E-state index contributed by atoms with van der Waals surface area (Å²) in [5.74, 6) is 1.10. The van der Waals surface area contributed by atoms with E-state index in [1.807, 2.05) is 19.1 Å². The molecule has 8 nitrogen and oxygen atoms in total. The van der Waals surface area contributed by atoms with E-state index >= 15 is 0 Å². The van der Waals surface area contributed by atoms with E-state index in [1.165, 1.54) is 31.0 Å². The summed E-state index contributed by atoms with van der Waals surface area (Å²) in [4.78, 5) is 23.6. The van der Waals surface area contributed by atoms with Crippen LogP contribution >= 0.6 is 11.8 Å². The topological polar surface area (TPSA) is 102 Å². The van der Waals surface area contributed by atoms with Crippen LogP contribution in [0.3, 0.4) is 0 Å². The number of urea groups is 1. The van der Waals surface area contributed by atoms with Crippen molar-refractivity contribution in [3.05, 3.63) is 18.4 Å². The number of carbonyl (C=O) groups is 2. The SMILES string of the molecule is CCCNC(=O)NC(=O)CSc1nnc(-c2ccco2)n1C1CCCCC1. The summed E-state index contributed by atoms with van der Waals surface area (Å²) in [7, 11) is 0. The second-order valence-corrected chi connectivity index (χ2v) is 7.48. The predicted octanol–water partition coefficient (Wildman–Crippen LogP) is 3.37. The van der Waals surface area contributed by atoms with Crippen molar-refractivity contribution in [2.75, 3.05) is 12.3 Å². The van der Waals surface area contributed by atoms with Gasteiger partial charge in [-0.25, -0.2) is 4.79 Å². The van der Waals surface area contributed by atoms with Gasteiger partial charge in [-0.3, -0.25) is 14.7 Å². The first kappa shape index (κ1) is 19.5. The number of nitrogens with one attached hydrogen (secondary N) is 2. The second-order valence-electron chi connectivity index (χ2n) is 6.54. The molecule has 0 aliphatic heterocycles. The zero-order chi connectivity index (χ0) is 19.1. The van der Waals surface area contributed by atoms with Gasteiger partial charge in [0, 0.05) is 12.6 Å². The maximum atomic E-state index is 12.0. The molecule has 0 unspecified atom stereocenters. The maximum absolute atomic E-state index is 12.0. The van der Waals surface area contributed by atoms with Gasteiger partial charge in [-0.1, -0.05) is 37.9 Å². The van der Waals surface area contributed by atoms with Gasteiger partial charge < -0.3 is 9.73 Å². The average Bonchev–Trinajstić information content (AvgIpc) is 3.34. The molecular weight excluding hydrogens is 366 g/mol. The number of carbonyl (C=O) groups excluding carboxylic acids is 2. The summed E-state index contributed by atoms with van der Waals surface area (Å²) in [6.07, 6.45) is 8.13. The number of hydrogen-bond donors (Lipinski definition) is 2. The third kappa shape index (κ3) is 5.12. The van der Waals surface area contributed by atoms with E-state index in [9.17, 15) is 9.59 Å². The van der Waals surface area contributed by atoms with E-state index in [0.717, 1.165) is 19.3 Å². The van der Waals surface area contributed by atoms with Gasteiger partial charge in [0.2, 0.25) is 11.7 Å². The summed E-state index contributed by atoms with van der Waals surface area (Å²) in [6.45, 7) is 2.49. The third-order valence-electron chi connectivity index (χ3n) is 4.47. The highest BCUT2D eigenvalue weighted by atomic mass is 32.2. The second kappa shape index (κ2) is 9.59. The Hall–Kier alpha value is -2.29. The van der Waals surface area contributed by atoms with Gasteiger partial charge in [0.05, 0.1) is 12.0 Å². The van der Waals surface area contributed by atoms with Crippen LogP contribution < -0.4 is 10.6 Å². The number of amides is 3. The van der Waals surface area contributed by atoms with Crippen LogP contribution in [0.4, 0.5) is 4.79 Å². The minimum atomic E-state index is -0.465. The fourth-order valence-corrected chi connectivity index (χ4v) is 4.00. The molecule has 146 valence electrons. The van der Waals surface area contributed by atoms with Crippen molar-refractivity contribution in [3.63, 3.8) is 0 Å². The van der Waals surface area contributed by atoms with E-state index in [-0.39, 0.29) is 11.7 Å². The van der Waals surface area contributed by atoms with Crippen molar-refractivity contribution in [2.45, 2.75) is 56.6 Å². The minimum absolute atomic E-state index is 0.0998. The lowest BCUT2D eigenvalue weighted by Crippen LogP contribution is -2.40. The van der Waals surface area contributed by atoms with Gasteiger partial charge in [0.25, 0.3) is 0 Å². The molecule has 9 heteroatoms. The molecule has 2 aromatic rings. The van der Waals surface area contributed by atoms with E-state index in [1.54, 1.807) is 6.26 Å². The number of rotatable bonds is 7. The van der Waals surface area contributed by atoms with Crippen molar-refractivity contribution in [2.24, 2.45) is 0 Å². The lowest BCUT2D eigenvalue weighted by molar-refractivity contribution is -0.117. The standard InChI is InChI=1S/C18H25N5O3S/c1-2-10-19-17(25)20-15(24)12-27-18-22-21-16(14-9-6-11-26-14)23(18)13-7-4-3-5-8-13/h6,9,11,13H,2-5,7-8,10,12H2,1H3,(H2,19,20,24,25). The van der Waals surface area contributed by atoms with Crippen LogP contribution in [-0.4, -0.2) is 39.0 Å². The van der Waals surface area contributed by atoms with Gasteiger partial charge in [0.1, 0.15) is 0 Å². The van der Waals surface area contributed by atoms with E-state index in [0.29, 0.717) is 29.3 Å². The Bertz CT molecular complexity index is 753. The zero-order valence-corrected chi connectivity index (χ0v) is 16.3. The Morgan fingerprint density at radius 2 is 2.11 bits per heavy atom. The van der Waals surface area contributed by atoms with Gasteiger partial charge in [-0.15, -0.1) is 10.2 Å². The fourth-order valence-electron chi connectivity index (χ4n) is 3.19. The Labute approximate surface area is 162 Å². The molecule has 1 fully saturated rings. The van der Waals surface area contributed by atoms with Crippen LogP contribution in [0.25, 0.3) is 11.6 Å². The molecule has 0 atom stereocenters. The summed E-state index contributed by atoms with van der Waals surface area (Å²) in [5, 5.41) is 14.2. The Balaban J connectivity index is 1.69. The molecule has 27 heavy (non-hydrogen) atoms. The first-order valence-electron chi connectivity index (χ1n) is 9.38. The number of imide groups is 1. The van der Waals surface area contributed by atoms with Crippen LogP contribution in [-0.2, 0) is 4.79 Å². The number of nitrogens with zero attached hydrogens (tertiary/aromatic N) is 3. The fraction of sp³-hybridized carbons (Fsp3) is 0.556. The monoisotopic (exact) mass is 391 g/mol. The molecule has 0 saturated heterocycles. The lowest BCUT2D eigenvalue weighted by atomic mass is 9.95. The van der Waals surface area contributed by atoms with Crippen LogP contribution in [0, 0.1) is 0 Å². The van der Waals surface area contributed by atoms with Crippen molar-refractivity contribution in [1.29, 1.82) is 0 Å². The number of thioether (sulfide) groups is 1. The van der Waals surface area contributed by atoms with Gasteiger partial charge in [0.15, 0.2) is 10.9 Å². The molecule has 1 saturated carbocycles. The number of hydrogen-bond acceptors (Lipinski definition) is 6. The average molecular weight is 391 g/mol. The highest BCUT2D eigenvalue weighted by Gasteiger charge is 2.25. The molecule has 2 N–H and O–H groups in total. The molecule has 3 amide bonds. The van der Waals surface area contributed by atoms with Crippen molar-refractivity contribution >= 4 is 23.7 Å². The van der Waals surface area contributed by atoms with Crippen molar-refractivity contribution in [3.8, 4) is 11.6 Å². The Morgan fingerprint density at radius 1 is 1.30 bits per heavy atom. The third-order valence-corrected chi connectivity index (χ3v) is 5.41. The summed E-state index contributed by atoms with van der Waals surface area (Å²) < 4.78 is 7.61. The molecule has 2 aromatic heterocycles. The summed E-state index contributed by atoms with van der Waals surface area (Å²) >= 11 is 1.29. The number of furan rings is 1. The van der Waals surface area contributed by atoms with Crippen molar-refractivity contribution < 1.29 is 14.0 Å². The number of aromatic nitrogens is 3. The lowest BCUT2D eigenvalue weighted by Gasteiger charge is -2.25. The molecule has 2 heterocycles. The maximum Gasteiger partial charge on any atom is 0.321 e. The van der Waals surface area contributed by atoms with Crippen LogP contribution in [0.5, 0.6) is 0 Å². The van der Waals surface area contributed by atoms with Crippen LogP contribution in [0.15, 0.2) is 28.0 Å². The van der Waals surface area contributed by atoms with Crippen LogP contribution in [0.1, 0.15) is 51.5 Å². The van der Waals surface area contributed by atoms with Gasteiger partial charge in [-0.2, -0.15) is 0 Å². The normalized spacial score (nSPS) is 14.9. The molecule has 0 bridgehead atoms. The highest BCUT2D eigenvalue weighted by Crippen LogP contribution is 2.35.